The predicted octanol–water partition coefficient (Wildman–Crippen LogP) is 4.19. The maximum atomic E-state index is 12.3. The van der Waals surface area contributed by atoms with E-state index in [2.05, 4.69) is 41.3 Å². The van der Waals surface area contributed by atoms with Crippen LogP contribution in [0.5, 0.6) is 0 Å². The summed E-state index contributed by atoms with van der Waals surface area (Å²) in [5.41, 5.74) is 2.84. The lowest BCUT2D eigenvalue weighted by Crippen LogP contribution is -2.29. The Morgan fingerprint density at radius 1 is 1.10 bits per heavy atom. The number of hydrogen-bond acceptors (Lipinski definition) is 5. The molecular formula is C23H32N4O2S. The van der Waals surface area contributed by atoms with Crippen LogP contribution in [-0.4, -0.2) is 41.3 Å². The van der Waals surface area contributed by atoms with Gasteiger partial charge in [-0.1, -0.05) is 39.3 Å². The first-order chi connectivity index (χ1) is 14.3. The molecule has 7 heteroatoms. The van der Waals surface area contributed by atoms with Gasteiger partial charge in [-0.25, -0.2) is 4.98 Å². The minimum absolute atomic E-state index is 0.0521. The standard InChI is InChI=1S/C23H32N4O2S/c1-23(2,3)18-9-7-17(8-10-18)21(29)24-12-11-20(28)26-22-25-19(16-30-22)15-27-13-5-4-6-14-27/h7-10,16H,4-6,11-15H2,1-3H3,(H,24,29)(H,25,26,28). The summed E-state index contributed by atoms with van der Waals surface area (Å²) in [6, 6.07) is 7.61. The van der Waals surface area contributed by atoms with Gasteiger partial charge < -0.3 is 10.6 Å². The first kappa shape index (κ1) is 22.4. The van der Waals surface area contributed by atoms with Crippen LogP contribution in [0.4, 0.5) is 5.13 Å². The number of nitrogens with one attached hydrogen (secondary N) is 2. The fourth-order valence-corrected chi connectivity index (χ4v) is 4.20. The molecule has 2 N–H and O–H groups in total. The van der Waals surface area contributed by atoms with E-state index in [1.165, 1.54) is 36.2 Å². The van der Waals surface area contributed by atoms with Crippen molar-refractivity contribution < 1.29 is 9.59 Å². The van der Waals surface area contributed by atoms with Crippen LogP contribution in [-0.2, 0) is 16.8 Å². The van der Waals surface area contributed by atoms with E-state index in [9.17, 15) is 9.59 Å². The third-order valence-electron chi connectivity index (χ3n) is 5.28. The Morgan fingerprint density at radius 3 is 2.47 bits per heavy atom. The minimum atomic E-state index is -0.165. The van der Waals surface area contributed by atoms with Gasteiger partial charge in [-0.05, 0) is 49.0 Å². The van der Waals surface area contributed by atoms with Crippen molar-refractivity contribution in [1.29, 1.82) is 0 Å². The molecule has 3 rings (SSSR count). The zero-order valence-electron chi connectivity index (χ0n) is 18.2. The van der Waals surface area contributed by atoms with Crippen molar-refractivity contribution in [1.82, 2.24) is 15.2 Å². The highest BCUT2D eigenvalue weighted by molar-refractivity contribution is 7.13. The largest absolute Gasteiger partial charge is 0.352 e. The monoisotopic (exact) mass is 428 g/mol. The summed E-state index contributed by atoms with van der Waals surface area (Å²) in [7, 11) is 0. The summed E-state index contributed by atoms with van der Waals surface area (Å²) in [4.78, 5) is 31.4. The van der Waals surface area contributed by atoms with Gasteiger partial charge in [0.1, 0.15) is 0 Å². The molecule has 1 saturated heterocycles. The first-order valence-electron chi connectivity index (χ1n) is 10.7. The van der Waals surface area contributed by atoms with Crippen LogP contribution in [0.15, 0.2) is 29.6 Å². The Morgan fingerprint density at radius 2 is 1.80 bits per heavy atom. The van der Waals surface area contributed by atoms with Gasteiger partial charge in [0.2, 0.25) is 5.91 Å². The first-order valence-corrected chi connectivity index (χ1v) is 11.5. The molecule has 0 atom stereocenters. The highest BCUT2D eigenvalue weighted by atomic mass is 32.1. The Bertz CT molecular complexity index is 849. The predicted molar refractivity (Wildman–Crippen MR) is 122 cm³/mol. The molecule has 1 aromatic carbocycles. The van der Waals surface area contributed by atoms with Gasteiger partial charge in [-0.3, -0.25) is 14.5 Å². The lowest BCUT2D eigenvalue weighted by atomic mass is 9.87. The molecule has 6 nitrogen and oxygen atoms in total. The summed E-state index contributed by atoms with van der Waals surface area (Å²) in [5.74, 6) is -0.307. The lowest BCUT2D eigenvalue weighted by molar-refractivity contribution is -0.116. The van der Waals surface area contributed by atoms with Crippen LogP contribution in [0, 0.1) is 0 Å². The van der Waals surface area contributed by atoms with E-state index in [0.29, 0.717) is 10.7 Å². The topological polar surface area (TPSA) is 74.3 Å². The van der Waals surface area contributed by atoms with Crippen LogP contribution in [0.1, 0.15) is 68.1 Å². The number of carbonyl (C=O) groups is 2. The minimum Gasteiger partial charge on any atom is -0.352 e. The van der Waals surface area contributed by atoms with Gasteiger partial charge in [-0.15, -0.1) is 11.3 Å². The number of nitrogens with zero attached hydrogens (tertiary/aromatic N) is 2. The molecule has 0 bridgehead atoms. The van der Waals surface area contributed by atoms with Gasteiger partial charge in [0.25, 0.3) is 5.91 Å². The molecule has 2 aromatic rings. The van der Waals surface area contributed by atoms with E-state index in [1.807, 2.05) is 29.6 Å². The van der Waals surface area contributed by atoms with Crippen LogP contribution in [0.25, 0.3) is 0 Å². The van der Waals surface area contributed by atoms with Gasteiger partial charge in [-0.2, -0.15) is 0 Å². The summed E-state index contributed by atoms with van der Waals surface area (Å²) >= 11 is 1.45. The number of piperidine rings is 1. The second kappa shape index (κ2) is 10.2. The number of likely N-dealkylation sites (tertiary alicyclic amines) is 1. The highest BCUT2D eigenvalue weighted by Gasteiger charge is 2.15. The van der Waals surface area contributed by atoms with Gasteiger partial charge in [0.15, 0.2) is 5.13 Å². The summed E-state index contributed by atoms with van der Waals surface area (Å²) in [6.45, 7) is 9.79. The second-order valence-electron chi connectivity index (χ2n) is 8.86. The average molecular weight is 429 g/mol. The summed E-state index contributed by atoms with van der Waals surface area (Å²) in [6.07, 6.45) is 4.03. The third-order valence-corrected chi connectivity index (χ3v) is 6.09. The maximum Gasteiger partial charge on any atom is 0.251 e. The molecule has 0 spiro atoms. The number of anilines is 1. The Labute approximate surface area is 183 Å². The van der Waals surface area contributed by atoms with E-state index in [1.54, 1.807) is 0 Å². The molecule has 162 valence electrons. The van der Waals surface area contributed by atoms with Crippen molar-refractivity contribution in [3.63, 3.8) is 0 Å². The molecule has 0 saturated carbocycles. The number of carbonyl (C=O) groups excluding carboxylic acids is 2. The Hall–Kier alpha value is -2.25. The number of benzene rings is 1. The number of amides is 2. The zero-order chi connectivity index (χ0) is 21.6. The van der Waals surface area contributed by atoms with Crippen molar-refractivity contribution >= 4 is 28.3 Å². The smallest absolute Gasteiger partial charge is 0.251 e. The van der Waals surface area contributed by atoms with Crippen LogP contribution in [0.2, 0.25) is 0 Å². The van der Waals surface area contributed by atoms with Gasteiger partial charge in [0, 0.05) is 30.5 Å². The molecule has 1 aliphatic heterocycles. The van der Waals surface area contributed by atoms with E-state index in [-0.39, 0.29) is 30.2 Å². The fraction of sp³-hybridized carbons (Fsp3) is 0.522. The third kappa shape index (κ3) is 6.64. The number of thiazole rings is 1. The lowest BCUT2D eigenvalue weighted by Gasteiger charge is -2.25. The van der Waals surface area contributed by atoms with Crippen molar-refractivity contribution in [2.45, 2.75) is 58.4 Å². The van der Waals surface area contributed by atoms with Crippen molar-refractivity contribution in [3.05, 3.63) is 46.5 Å². The van der Waals surface area contributed by atoms with Crippen molar-refractivity contribution in [2.24, 2.45) is 0 Å². The van der Waals surface area contributed by atoms with Crippen LogP contribution >= 0.6 is 11.3 Å². The van der Waals surface area contributed by atoms with Crippen molar-refractivity contribution in [3.8, 4) is 0 Å². The average Bonchev–Trinajstić information content (AvgIpc) is 3.14. The number of hydrogen-bond donors (Lipinski definition) is 2. The molecular weight excluding hydrogens is 396 g/mol. The molecule has 0 radical (unpaired) electrons. The number of rotatable bonds is 7. The molecule has 1 fully saturated rings. The molecule has 2 amide bonds. The second-order valence-corrected chi connectivity index (χ2v) is 9.72. The SMILES string of the molecule is CC(C)(C)c1ccc(C(=O)NCCC(=O)Nc2nc(CN3CCCCC3)cs2)cc1. The number of aromatic nitrogens is 1. The Balaban J connectivity index is 1.40. The van der Waals surface area contributed by atoms with E-state index >= 15 is 0 Å². The molecule has 1 aliphatic rings. The zero-order valence-corrected chi connectivity index (χ0v) is 19.0. The molecule has 2 heterocycles. The van der Waals surface area contributed by atoms with Gasteiger partial charge in [0.05, 0.1) is 5.69 Å². The molecule has 1 aromatic heterocycles. The quantitative estimate of drug-likeness (QED) is 0.694. The van der Waals surface area contributed by atoms with Crippen LogP contribution < -0.4 is 10.6 Å². The van der Waals surface area contributed by atoms with Crippen molar-refractivity contribution in [2.75, 3.05) is 25.0 Å². The highest BCUT2D eigenvalue weighted by Crippen LogP contribution is 2.22. The molecule has 0 aliphatic carbocycles. The summed E-state index contributed by atoms with van der Waals surface area (Å²) in [5, 5.41) is 8.27. The molecule has 30 heavy (non-hydrogen) atoms. The Kier molecular flexibility index (Phi) is 7.61. The van der Waals surface area contributed by atoms with E-state index in [0.717, 1.165) is 25.3 Å². The fourth-order valence-electron chi connectivity index (χ4n) is 3.48. The van der Waals surface area contributed by atoms with E-state index < -0.39 is 0 Å². The maximum absolute atomic E-state index is 12.3. The normalized spacial score (nSPS) is 15.0. The van der Waals surface area contributed by atoms with Gasteiger partial charge >= 0.3 is 0 Å². The summed E-state index contributed by atoms with van der Waals surface area (Å²) < 4.78 is 0. The van der Waals surface area contributed by atoms with E-state index in [4.69, 9.17) is 0 Å². The molecule has 0 unspecified atom stereocenters. The van der Waals surface area contributed by atoms with Crippen LogP contribution in [0.3, 0.4) is 0 Å².